The van der Waals surface area contributed by atoms with Gasteiger partial charge in [-0.25, -0.2) is 8.42 Å². The van der Waals surface area contributed by atoms with Crippen LogP contribution in [0.15, 0.2) is 0 Å². The Morgan fingerprint density at radius 3 is 2.28 bits per heavy atom. The Morgan fingerprint density at radius 2 is 1.89 bits per heavy atom. The lowest BCUT2D eigenvalue weighted by molar-refractivity contribution is -0.0702. The first-order valence-electron chi connectivity index (χ1n) is 6.64. The molecule has 4 nitrogen and oxygen atoms in total. The standard InChI is InChI=1S/C13H27NO3S/c1-7-18(15,16)9-10(2)14-11-8-12(3,4)17-13(11,5)6/h10-11,14H,7-9H2,1-6H3. The molecule has 0 aromatic carbocycles. The van der Waals surface area contributed by atoms with Gasteiger partial charge in [-0.05, 0) is 41.0 Å². The molecule has 1 heterocycles. The third-order valence-electron chi connectivity index (χ3n) is 3.50. The van der Waals surface area contributed by atoms with Crippen LogP contribution in [0.2, 0.25) is 0 Å². The fraction of sp³-hybridized carbons (Fsp3) is 1.00. The van der Waals surface area contributed by atoms with Crippen molar-refractivity contribution in [2.24, 2.45) is 0 Å². The molecule has 0 radical (unpaired) electrons. The monoisotopic (exact) mass is 277 g/mol. The minimum Gasteiger partial charge on any atom is -0.368 e. The van der Waals surface area contributed by atoms with Crippen molar-refractivity contribution in [2.75, 3.05) is 11.5 Å². The highest BCUT2D eigenvalue weighted by molar-refractivity contribution is 7.91. The molecule has 0 saturated carbocycles. The van der Waals surface area contributed by atoms with E-state index < -0.39 is 9.84 Å². The van der Waals surface area contributed by atoms with Gasteiger partial charge in [0, 0.05) is 17.8 Å². The first kappa shape index (κ1) is 15.9. The van der Waals surface area contributed by atoms with E-state index in [2.05, 4.69) is 33.0 Å². The van der Waals surface area contributed by atoms with Crippen LogP contribution in [0, 0.1) is 0 Å². The summed E-state index contributed by atoms with van der Waals surface area (Å²) in [7, 11) is -2.93. The molecule has 18 heavy (non-hydrogen) atoms. The van der Waals surface area contributed by atoms with Crippen LogP contribution in [0.25, 0.3) is 0 Å². The first-order chi connectivity index (χ1) is 7.97. The lowest BCUT2D eigenvalue weighted by Gasteiger charge is -2.30. The van der Waals surface area contributed by atoms with Crippen LogP contribution < -0.4 is 5.32 Å². The van der Waals surface area contributed by atoms with E-state index in [0.29, 0.717) is 0 Å². The van der Waals surface area contributed by atoms with E-state index in [4.69, 9.17) is 4.74 Å². The van der Waals surface area contributed by atoms with Crippen LogP contribution in [-0.4, -0.2) is 43.2 Å². The van der Waals surface area contributed by atoms with E-state index in [0.717, 1.165) is 6.42 Å². The van der Waals surface area contributed by atoms with E-state index in [9.17, 15) is 8.42 Å². The predicted octanol–water partition coefficient (Wildman–Crippen LogP) is 1.75. The minimum atomic E-state index is -2.93. The van der Waals surface area contributed by atoms with Crippen LogP contribution in [0.4, 0.5) is 0 Å². The van der Waals surface area contributed by atoms with E-state index >= 15 is 0 Å². The van der Waals surface area contributed by atoms with Crippen LogP contribution in [0.5, 0.6) is 0 Å². The summed E-state index contributed by atoms with van der Waals surface area (Å²) in [6, 6.07) is 0.145. The smallest absolute Gasteiger partial charge is 0.151 e. The highest BCUT2D eigenvalue weighted by atomic mass is 32.2. The summed E-state index contributed by atoms with van der Waals surface area (Å²) in [5, 5.41) is 3.41. The van der Waals surface area contributed by atoms with E-state index in [1.54, 1.807) is 6.92 Å². The molecule has 1 fully saturated rings. The number of nitrogens with one attached hydrogen (secondary N) is 1. The van der Waals surface area contributed by atoms with Gasteiger partial charge < -0.3 is 10.1 Å². The van der Waals surface area contributed by atoms with Gasteiger partial charge in [0.15, 0.2) is 9.84 Å². The SMILES string of the molecule is CCS(=O)(=O)CC(C)NC1CC(C)(C)OC1(C)C. The summed E-state index contributed by atoms with van der Waals surface area (Å²) in [5.74, 6) is 0.394. The lowest BCUT2D eigenvalue weighted by Crippen LogP contribution is -2.49. The summed E-state index contributed by atoms with van der Waals surface area (Å²) in [6.07, 6.45) is 0.899. The van der Waals surface area contributed by atoms with Gasteiger partial charge in [0.1, 0.15) is 0 Å². The molecular formula is C13H27NO3S. The average Bonchev–Trinajstić information content (AvgIpc) is 2.33. The largest absolute Gasteiger partial charge is 0.368 e. The summed E-state index contributed by atoms with van der Waals surface area (Å²) < 4.78 is 29.2. The Kier molecular flexibility index (Phi) is 4.51. The number of hydrogen-bond donors (Lipinski definition) is 1. The Bertz CT molecular complexity index is 387. The number of hydrogen-bond acceptors (Lipinski definition) is 4. The molecule has 0 spiro atoms. The summed E-state index contributed by atoms with van der Waals surface area (Å²) >= 11 is 0. The van der Waals surface area contributed by atoms with Crippen LogP contribution in [-0.2, 0) is 14.6 Å². The van der Waals surface area contributed by atoms with Gasteiger partial charge in [-0.15, -0.1) is 0 Å². The van der Waals surface area contributed by atoms with Crippen molar-refractivity contribution in [1.29, 1.82) is 0 Å². The zero-order valence-corrected chi connectivity index (χ0v) is 13.2. The van der Waals surface area contributed by atoms with Crippen molar-refractivity contribution in [3.63, 3.8) is 0 Å². The van der Waals surface area contributed by atoms with Crippen molar-refractivity contribution in [2.45, 2.75) is 71.2 Å². The Balaban J connectivity index is 2.63. The average molecular weight is 277 g/mol. The topological polar surface area (TPSA) is 55.4 Å². The van der Waals surface area contributed by atoms with Crippen molar-refractivity contribution in [1.82, 2.24) is 5.32 Å². The Hall–Kier alpha value is -0.130. The molecule has 1 N–H and O–H groups in total. The zero-order chi connectivity index (χ0) is 14.2. The molecule has 108 valence electrons. The van der Waals surface area contributed by atoms with Crippen LogP contribution in [0.1, 0.15) is 48.0 Å². The molecule has 0 aliphatic carbocycles. The molecule has 0 aromatic rings. The predicted molar refractivity (Wildman–Crippen MR) is 74.6 cm³/mol. The van der Waals surface area contributed by atoms with Crippen molar-refractivity contribution in [3.05, 3.63) is 0 Å². The fourth-order valence-corrected chi connectivity index (χ4v) is 3.81. The maximum Gasteiger partial charge on any atom is 0.151 e. The van der Waals surface area contributed by atoms with Crippen LogP contribution >= 0.6 is 0 Å². The zero-order valence-electron chi connectivity index (χ0n) is 12.4. The second-order valence-electron chi connectivity index (χ2n) is 6.49. The molecule has 2 unspecified atom stereocenters. The van der Waals surface area contributed by atoms with Crippen molar-refractivity contribution >= 4 is 9.84 Å². The molecular weight excluding hydrogens is 250 g/mol. The Labute approximate surface area is 111 Å². The molecule has 0 amide bonds. The number of sulfone groups is 1. The van der Waals surface area contributed by atoms with Gasteiger partial charge in [-0.2, -0.15) is 0 Å². The number of ether oxygens (including phenoxy) is 1. The normalized spacial score (nSPS) is 28.2. The second-order valence-corrected chi connectivity index (χ2v) is 8.89. The van der Waals surface area contributed by atoms with Gasteiger partial charge >= 0.3 is 0 Å². The highest BCUT2D eigenvalue weighted by Gasteiger charge is 2.46. The minimum absolute atomic E-state index is 0.0447. The maximum atomic E-state index is 11.6. The first-order valence-corrected chi connectivity index (χ1v) is 8.46. The molecule has 1 aliphatic heterocycles. The molecule has 1 saturated heterocycles. The fourth-order valence-electron chi connectivity index (χ4n) is 2.71. The van der Waals surface area contributed by atoms with E-state index in [1.165, 1.54) is 0 Å². The maximum absolute atomic E-state index is 11.6. The molecule has 0 aromatic heterocycles. The molecule has 2 atom stereocenters. The van der Waals surface area contributed by atoms with E-state index in [1.807, 2.05) is 6.92 Å². The van der Waals surface area contributed by atoms with Crippen molar-refractivity contribution in [3.8, 4) is 0 Å². The molecule has 5 heteroatoms. The molecule has 1 rings (SSSR count). The Morgan fingerprint density at radius 1 is 1.33 bits per heavy atom. The third kappa shape index (κ3) is 4.21. The van der Waals surface area contributed by atoms with Gasteiger partial charge in [0.2, 0.25) is 0 Å². The van der Waals surface area contributed by atoms with Gasteiger partial charge in [-0.3, -0.25) is 0 Å². The molecule has 0 bridgehead atoms. The molecule has 1 aliphatic rings. The van der Waals surface area contributed by atoms with E-state index in [-0.39, 0.29) is 34.8 Å². The summed E-state index contributed by atoms with van der Waals surface area (Å²) in [6.45, 7) is 11.9. The quantitative estimate of drug-likeness (QED) is 0.832. The lowest BCUT2D eigenvalue weighted by atomic mass is 9.94. The summed E-state index contributed by atoms with van der Waals surface area (Å²) in [4.78, 5) is 0. The highest BCUT2D eigenvalue weighted by Crippen LogP contribution is 2.37. The van der Waals surface area contributed by atoms with Crippen molar-refractivity contribution < 1.29 is 13.2 Å². The third-order valence-corrected chi connectivity index (χ3v) is 5.39. The van der Waals surface area contributed by atoms with Crippen LogP contribution in [0.3, 0.4) is 0 Å². The summed E-state index contributed by atoms with van der Waals surface area (Å²) in [5.41, 5.74) is -0.405. The van der Waals surface area contributed by atoms with Gasteiger partial charge in [0.25, 0.3) is 0 Å². The van der Waals surface area contributed by atoms with Gasteiger partial charge in [-0.1, -0.05) is 6.92 Å². The van der Waals surface area contributed by atoms with Gasteiger partial charge in [0.05, 0.1) is 17.0 Å². The second kappa shape index (κ2) is 5.10. The number of rotatable bonds is 5.